The number of methoxy groups -OCH3 is 1. The first-order chi connectivity index (χ1) is 6.04. The van der Waals surface area contributed by atoms with Crippen molar-refractivity contribution in [1.82, 2.24) is 5.32 Å². The lowest BCUT2D eigenvalue weighted by molar-refractivity contribution is -0.161. The van der Waals surface area contributed by atoms with Crippen LogP contribution in [0.2, 0.25) is 0 Å². The molecule has 13 heavy (non-hydrogen) atoms. The highest BCUT2D eigenvalue weighted by Gasteiger charge is 2.30. The molecule has 0 aliphatic rings. The molecule has 0 aromatic heterocycles. The van der Waals surface area contributed by atoms with Crippen LogP contribution in [0.1, 0.15) is 6.92 Å². The van der Waals surface area contributed by atoms with E-state index in [2.05, 4.69) is 10.1 Å². The topological polar surface area (TPSA) is 95.9 Å². The van der Waals surface area contributed by atoms with Gasteiger partial charge in [-0.05, 0) is 6.92 Å². The second-order valence-electron chi connectivity index (χ2n) is 2.31. The summed E-state index contributed by atoms with van der Waals surface area (Å²) in [5.74, 6) is -1.85. The molecule has 0 bridgehead atoms. The molecule has 6 nitrogen and oxygen atoms in total. The Morgan fingerprint density at radius 1 is 1.38 bits per heavy atom. The Hall–Kier alpha value is -1.14. The largest absolute Gasteiger partial charge is 0.467 e. The standard InChI is InChI=1S/C7H13NO5/c1-3-8-6(11)4(9)5(10)7(12)13-2/h4-5,9-10H,3H2,1-2H3,(H,8,11)/t4-,5?/m0/s1. The monoisotopic (exact) mass is 191 g/mol. The van der Waals surface area contributed by atoms with Crippen LogP contribution >= 0.6 is 0 Å². The molecule has 0 saturated heterocycles. The first-order valence-electron chi connectivity index (χ1n) is 3.76. The maximum absolute atomic E-state index is 10.9. The molecule has 0 fully saturated rings. The van der Waals surface area contributed by atoms with E-state index in [1.165, 1.54) is 0 Å². The van der Waals surface area contributed by atoms with E-state index in [0.717, 1.165) is 7.11 Å². The third kappa shape index (κ3) is 3.39. The summed E-state index contributed by atoms with van der Waals surface area (Å²) in [6, 6.07) is 0. The zero-order valence-electron chi connectivity index (χ0n) is 7.48. The number of carbonyl (C=O) groups excluding carboxylic acids is 2. The van der Waals surface area contributed by atoms with Gasteiger partial charge in [0, 0.05) is 6.54 Å². The van der Waals surface area contributed by atoms with Gasteiger partial charge in [-0.1, -0.05) is 0 Å². The SMILES string of the molecule is CCNC(=O)[C@@H](O)C(O)C(=O)OC. The van der Waals surface area contributed by atoms with E-state index in [4.69, 9.17) is 10.2 Å². The molecule has 3 N–H and O–H groups in total. The number of amides is 1. The van der Waals surface area contributed by atoms with Crippen LogP contribution in [0.25, 0.3) is 0 Å². The maximum Gasteiger partial charge on any atom is 0.338 e. The number of nitrogens with one attached hydrogen (secondary N) is 1. The maximum atomic E-state index is 10.9. The van der Waals surface area contributed by atoms with Gasteiger partial charge >= 0.3 is 5.97 Å². The minimum absolute atomic E-state index is 0.309. The molecule has 0 aliphatic heterocycles. The van der Waals surface area contributed by atoms with Crippen molar-refractivity contribution >= 4 is 11.9 Å². The molecule has 0 radical (unpaired) electrons. The predicted molar refractivity (Wildman–Crippen MR) is 42.7 cm³/mol. The molecule has 0 aliphatic carbocycles. The first kappa shape index (κ1) is 11.9. The van der Waals surface area contributed by atoms with Gasteiger partial charge in [0.25, 0.3) is 5.91 Å². The number of rotatable bonds is 4. The molecule has 0 aromatic carbocycles. The van der Waals surface area contributed by atoms with Crippen LogP contribution in [0.5, 0.6) is 0 Å². The molecule has 1 amide bonds. The second kappa shape index (κ2) is 5.50. The van der Waals surface area contributed by atoms with E-state index >= 15 is 0 Å². The lowest BCUT2D eigenvalue weighted by atomic mass is 10.2. The number of aliphatic hydroxyl groups is 2. The number of ether oxygens (including phenoxy) is 1. The van der Waals surface area contributed by atoms with Gasteiger partial charge < -0.3 is 20.3 Å². The Morgan fingerprint density at radius 2 is 1.92 bits per heavy atom. The minimum atomic E-state index is -1.84. The highest BCUT2D eigenvalue weighted by Crippen LogP contribution is 1.95. The van der Waals surface area contributed by atoms with Crippen molar-refractivity contribution < 1.29 is 24.5 Å². The van der Waals surface area contributed by atoms with Gasteiger partial charge in [0.15, 0.2) is 12.2 Å². The molecule has 0 spiro atoms. The van der Waals surface area contributed by atoms with Crippen molar-refractivity contribution in [2.45, 2.75) is 19.1 Å². The van der Waals surface area contributed by atoms with Gasteiger partial charge in [0.2, 0.25) is 0 Å². The summed E-state index contributed by atoms with van der Waals surface area (Å²) >= 11 is 0. The first-order valence-corrected chi connectivity index (χ1v) is 3.76. The van der Waals surface area contributed by atoms with E-state index < -0.39 is 24.1 Å². The zero-order valence-corrected chi connectivity index (χ0v) is 7.48. The number of carbonyl (C=O) groups is 2. The number of hydrogen-bond donors (Lipinski definition) is 3. The molecule has 0 rings (SSSR count). The second-order valence-corrected chi connectivity index (χ2v) is 2.31. The average molecular weight is 191 g/mol. The van der Waals surface area contributed by atoms with Crippen molar-refractivity contribution in [3.8, 4) is 0 Å². The fourth-order valence-electron chi connectivity index (χ4n) is 0.672. The van der Waals surface area contributed by atoms with E-state index in [1.54, 1.807) is 6.92 Å². The quantitative estimate of drug-likeness (QED) is 0.447. The summed E-state index contributed by atoms with van der Waals surface area (Å²) in [4.78, 5) is 21.5. The Morgan fingerprint density at radius 3 is 2.31 bits per heavy atom. The summed E-state index contributed by atoms with van der Waals surface area (Å²) in [5.41, 5.74) is 0. The minimum Gasteiger partial charge on any atom is -0.467 e. The van der Waals surface area contributed by atoms with Gasteiger partial charge in [0.1, 0.15) is 0 Å². The van der Waals surface area contributed by atoms with E-state index in [0.29, 0.717) is 6.54 Å². The normalized spacial score (nSPS) is 14.5. The summed E-state index contributed by atoms with van der Waals surface area (Å²) in [6.45, 7) is 1.96. The molecule has 0 heterocycles. The van der Waals surface area contributed by atoms with E-state index in [1.807, 2.05) is 0 Å². The molecular formula is C7H13NO5. The van der Waals surface area contributed by atoms with Gasteiger partial charge in [-0.3, -0.25) is 4.79 Å². The summed E-state index contributed by atoms with van der Waals surface area (Å²) in [6.07, 6.45) is -3.62. The average Bonchev–Trinajstić information content (AvgIpc) is 2.14. The van der Waals surface area contributed by atoms with Crippen molar-refractivity contribution in [3.63, 3.8) is 0 Å². The molecule has 2 atom stereocenters. The van der Waals surface area contributed by atoms with Gasteiger partial charge in [-0.2, -0.15) is 0 Å². The molecular weight excluding hydrogens is 178 g/mol. The van der Waals surface area contributed by atoms with E-state index in [-0.39, 0.29) is 0 Å². The Bertz CT molecular complexity index is 193. The Kier molecular flexibility index (Phi) is 5.01. The van der Waals surface area contributed by atoms with Crippen LogP contribution in [0.4, 0.5) is 0 Å². The fraction of sp³-hybridized carbons (Fsp3) is 0.714. The lowest BCUT2D eigenvalue weighted by Crippen LogP contribution is -2.46. The van der Waals surface area contributed by atoms with Crippen molar-refractivity contribution in [2.75, 3.05) is 13.7 Å². The van der Waals surface area contributed by atoms with Crippen LogP contribution in [0, 0.1) is 0 Å². The molecule has 6 heteroatoms. The van der Waals surface area contributed by atoms with Crippen molar-refractivity contribution in [1.29, 1.82) is 0 Å². The number of hydrogen-bond acceptors (Lipinski definition) is 5. The van der Waals surface area contributed by atoms with Crippen LogP contribution in [-0.4, -0.2) is 48.0 Å². The number of esters is 1. The van der Waals surface area contributed by atoms with Crippen LogP contribution < -0.4 is 5.32 Å². The molecule has 0 saturated carbocycles. The summed E-state index contributed by atoms with van der Waals surface area (Å²) < 4.78 is 4.13. The molecule has 76 valence electrons. The van der Waals surface area contributed by atoms with Gasteiger partial charge in [0.05, 0.1) is 7.11 Å². The molecule has 1 unspecified atom stereocenters. The number of likely N-dealkylation sites (N-methyl/N-ethyl adjacent to an activating group) is 1. The Labute approximate surface area is 75.5 Å². The van der Waals surface area contributed by atoms with Crippen molar-refractivity contribution in [2.24, 2.45) is 0 Å². The summed E-state index contributed by atoms with van der Waals surface area (Å²) in [5, 5.41) is 20.3. The number of aliphatic hydroxyl groups excluding tert-OH is 2. The predicted octanol–water partition coefficient (Wildman–Crippen LogP) is -1.98. The fourth-order valence-corrected chi connectivity index (χ4v) is 0.672. The van der Waals surface area contributed by atoms with E-state index in [9.17, 15) is 9.59 Å². The smallest absolute Gasteiger partial charge is 0.338 e. The van der Waals surface area contributed by atoms with Gasteiger partial charge in [-0.25, -0.2) is 4.79 Å². The van der Waals surface area contributed by atoms with Crippen molar-refractivity contribution in [3.05, 3.63) is 0 Å². The molecule has 0 aromatic rings. The van der Waals surface area contributed by atoms with Crippen LogP contribution in [0.15, 0.2) is 0 Å². The van der Waals surface area contributed by atoms with Crippen LogP contribution in [-0.2, 0) is 14.3 Å². The summed E-state index contributed by atoms with van der Waals surface area (Å²) in [7, 11) is 1.05. The zero-order chi connectivity index (χ0) is 10.4. The van der Waals surface area contributed by atoms with Crippen LogP contribution in [0.3, 0.4) is 0 Å². The third-order valence-electron chi connectivity index (χ3n) is 1.36. The highest BCUT2D eigenvalue weighted by molar-refractivity contribution is 5.88. The third-order valence-corrected chi connectivity index (χ3v) is 1.36. The Balaban J connectivity index is 4.16. The lowest BCUT2D eigenvalue weighted by Gasteiger charge is -2.14. The highest BCUT2D eigenvalue weighted by atomic mass is 16.5. The van der Waals surface area contributed by atoms with Gasteiger partial charge in [-0.15, -0.1) is 0 Å².